The molecule has 1 fully saturated rings. The van der Waals surface area contributed by atoms with Gasteiger partial charge in [0.15, 0.2) is 0 Å². The molecule has 0 radical (unpaired) electrons. The molecule has 1 atom stereocenters. The summed E-state index contributed by atoms with van der Waals surface area (Å²) in [7, 11) is 0. The summed E-state index contributed by atoms with van der Waals surface area (Å²) in [5, 5.41) is 12.0. The summed E-state index contributed by atoms with van der Waals surface area (Å²) >= 11 is 0. The van der Waals surface area contributed by atoms with E-state index in [1.165, 1.54) is 0 Å². The van der Waals surface area contributed by atoms with Crippen LogP contribution in [0, 0.1) is 5.41 Å². The molecule has 0 spiro atoms. The van der Waals surface area contributed by atoms with Crippen molar-refractivity contribution in [3.63, 3.8) is 0 Å². The number of carbonyl (C=O) groups excluding carboxylic acids is 2. The molecule has 188 valence electrons. The fourth-order valence-corrected chi connectivity index (χ4v) is 4.21. The molecule has 2 aromatic rings. The SMILES string of the molecule is CC(C)(C)CC(=O)N1CCCN(c2ccc(C(=O)NC(CC(=O)O)c3cccnc3)cc2N)CC1. The lowest BCUT2D eigenvalue weighted by atomic mass is 9.91. The second kappa shape index (κ2) is 11.2. The smallest absolute Gasteiger partial charge is 0.305 e. The van der Waals surface area contributed by atoms with E-state index >= 15 is 0 Å². The molecule has 9 nitrogen and oxygen atoms in total. The minimum absolute atomic E-state index is 0.0512. The Bertz CT molecular complexity index is 1050. The number of aromatic nitrogens is 1. The minimum Gasteiger partial charge on any atom is -0.481 e. The zero-order valence-electron chi connectivity index (χ0n) is 20.7. The summed E-state index contributed by atoms with van der Waals surface area (Å²) in [6, 6.07) is 7.83. The first kappa shape index (κ1) is 26.0. The van der Waals surface area contributed by atoms with Gasteiger partial charge < -0.3 is 26.0 Å². The number of nitrogens with zero attached hydrogens (tertiary/aromatic N) is 3. The third-order valence-corrected chi connectivity index (χ3v) is 5.93. The highest BCUT2D eigenvalue weighted by molar-refractivity contribution is 5.96. The second-order valence-corrected chi connectivity index (χ2v) is 10.1. The van der Waals surface area contributed by atoms with Crippen molar-refractivity contribution in [3.8, 4) is 0 Å². The predicted molar refractivity (Wildman–Crippen MR) is 135 cm³/mol. The standard InChI is InChI=1S/C26H35N5O4/c1-26(2,3)16-23(32)31-11-5-10-30(12-13-31)22-8-7-18(14-20(22)27)25(35)29-21(15-24(33)34)19-6-4-9-28-17-19/h4,6-9,14,17,21H,5,10-13,15-16,27H2,1-3H3,(H,29,35)(H,33,34). The van der Waals surface area contributed by atoms with Gasteiger partial charge in [-0.25, -0.2) is 0 Å². The Morgan fingerprint density at radius 1 is 1.14 bits per heavy atom. The number of pyridine rings is 1. The molecule has 1 aromatic heterocycles. The number of nitrogens with one attached hydrogen (secondary N) is 1. The number of aliphatic carboxylic acids is 1. The molecule has 2 amide bonds. The molecule has 1 aliphatic heterocycles. The van der Waals surface area contributed by atoms with Gasteiger partial charge >= 0.3 is 5.97 Å². The molecule has 4 N–H and O–H groups in total. The van der Waals surface area contributed by atoms with Crippen LogP contribution >= 0.6 is 0 Å². The van der Waals surface area contributed by atoms with Crippen molar-refractivity contribution < 1.29 is 19.5 Å². The maximum atomic E-state index is 12.9. The molecule has 1 aliphatic rings. The van der Waals surface area contributed by atoms with Crippen molar-refractivity contribution in [3.05, 3.63) is 53.9 Å². The first-order valence-corrected chi connectivity index (χ1v) is 11.9. The number of rotatable bonds is 7. The molecular formula is C26H35N5O4. The highest BCUT2D eigenvalue weighted by Gasteiger charge is 2.25. The molecule has 1 saturated heterocycles. The number of nitrogen functional groups attached to an aromatic ring is 1. The van der Waals surface area contributed by atoms with Crippen LogP contribution in [0.3, 0.4) is 0 Å². The van der Waals surface area contributed by atoms with Gasteiger partial charge in [0, 0.05) is 50.6 Å². The van der Waals surface area contributed by atoms with Gasteiger partial charge in [-0.15, -0.1) is 0 Å². The molecular weight excluding hydrogens is 446 g/mol. The van der Waals surface area contributed by atoms with Crippen molar-refractivity contribution in [2.75, 3.05) is 36.8 Å². The van der Waals surface area contributed by atoms with Crippen molar-refractivity contribution in [2.45, 2.75) is 46.1 Å². The predicted octanol–water partition coefficient (Wildman–Crippen LogP) is 3.08. The lowest BCUT2D eigenvalue weighted by Gasteiger charge is -2.27. The lowest BCUT2D eigenvalue weighted by molar-refractivity contribution is -0.137. The first-order chi connectivity index (χ1) is 16.5. The highest BCUT2D eigenvalue weighted by Crippen LogP contribution is 2.27. The highest BCUT2D eigenvalue weighted by atomic mass is 16.4. The van der Waals surface area contributed by atoms with E-state index in [9.17, 15) is 19.5 Å². The molecule has 0 saturated carbocycles. The monoisotopic (exact) mass is 481 g/mol. The number of benzene rings is 1. The van der Waals surface area contributed by atoms with Gasteiger partial charge in [0.25, 0.3) is 5.91 Å². The van der Waals surface area contributed by atoms with Gasteiger partial charge in [-0.05, 0) is 41.7 Å². The number of hydrogen-bond donors (Lipinski definition) is 3. The van der Waals surface area contributed by atoms with Crippen molar-refractivity contribution in [1.29, 1.82) is 0 Å². The molecule has 0 bridgehead atoms. The van der Waals surface area contributed by atoms with Crippen LogP contribution in [0.4, 0.5) is 11.4 Å². The number of carbonyl (C=O) groups is 3. The zero-order chi connectivity index (χ0) is 25.6. The van der Waals surface area contributed by atoms with Crippen molar-refractivity contribution >= 4 is 29.2 Å². The van der Waals surface area contributed by atoms with Gasteiger partial charge in [0.05, 0.1) is 23.8 Å². The summed E-state index contributed by atoms with van der Waals surface area (Å²) in [5.74, 6) is -1.26. The normalized spacial score (nSPS) is 15.3. The third kappa shape index (κ3) is 7.43. The summed E-state index contributed by atoms with van der Waals surface area (Å²) < 4.78 is 0. The van der Waals surface area contributed by atoms with E-state index < -0.39 is 17.9 Å². The fourth-order valence-electron chi connectivity index (χ4n) is 4.21. The lowest BCUT2D eigenvalue weighted by Crippen LogP contribution is -2.37. The van der Waals surface area contributed by atoms with Gasteiger partial charge in [0.1, 0.15) is 0 Å². The van der Waals surface area contributed by atoms with Crippen LogP contribution in [0.25, 0.3) is 0 Å². The Morgan fingerprint density at radius 2 is 1.91 bits per heavy atom. The molecule has 1 unspecified atom stereocenters. The van der Waals surface area contributed by atoms with Crippen molar-refractivity contribution in [1.82, 2.24) is 15.2 Å². The fraction of sp³-hybridized carbons (Fsp3) is 0.462. The number of anilines is 2. The molecule has 3 rings (SSSR count). The van der Waals surface area contributed by atoms with Crippen LogP contribution in [0.5, 0.6) is 0 Å². The Morgan fingerprint density at radius 3 is 2.54 bits per heavy atom. The first-order valence-electron chi connectivity index (χ1n) is 11.9. The maximum Gasteiger partial charge on any atom is 0.305 e. The molecule has 0 aliphatic carbocycles. The van der Waals surface area contributed by atoms with Crippen LogP contribution in [-0.4, -0.2) is 59.0 Å². The van der Waals surface area contributed by atoms with E-state index in [4.69, 9.17) is 5.73 Å². The summed E-state index contributed by atoms with van der Waals surface area (Å²) in [5.41, 5.74) is 8.53. The Kier molecular flexibility index (Phi) is 8.32. The number of nitrogens with two attached hydrogens (primary N) is 1. The van der Waals surface area contributed by atoms with Gasteiger partial charge in [-0.3, -0.25) is 19.4 Å². The Hall–Kier alpha value is -3.62. The van der Waals surface area contributed by atoms with Crippen LogP contribution in [-0.2, 0) is 9.59 Å². The number of carboxylic acids is 1. The molecule has 1 aromatic carbocycles. The molecule has 2 heterocycles. The van der Waals surface area contributed by atoms with Crippen molar-refractivity contribution in [2.24, 2.45) is 5.41 Å². The van der Waals surface area contributed by atoms with Crippen LogP contribution in [0.2, 0.25) is 0 Å². The minimum atomic E-state index is -1.02. The second-order valence-electron chi connectivity index (χ2n) is 10.1. The third-order valence-electron chi connectivity index (χ3n) is 5.93. The van der Waals surface area contributed by atoms with Gasteiger partial charge in [0.2, 0.25) is 5.91 Å². The van der Waals surface area contributed by atoms with Gasteiger partial charge in [-0.2, -0.15) is 0 Å². The van der Waals surface area contributed by atoms with Crippen LogP contribution < -0.4 is 16.0 Å². The van der Waals surface area contributed by atoms with E-state index in [0.717, 1.165) is 18.7 Å². The maximum absolute atomic E-state index is 12.9. The number of hydrogen-bond acceptors (Lipinski definition) is 6. The molecule has 35 heavy (non-hydrogen) atoms. The van der Waals surface area contributed by atoms with E-state index in [1.807, 2.05) is 11.0 Å². The molecule has 9 heteroatoms. The summed E-state index contributed by atoms with van der Waals surface area (Å²) in [4.78, 5) is 44.9. The average molecular weight is 482 g/mol. The number of amides is 2. The quantitative estimate of drug-likeness (QED) is 0.518. The summed E-state index contributed by atoms with van der Waals surface area (Å²) in [6.07, 6.45) is 4.22. The van der Waals surface area contributed by atoms with E-state index in [1.54, 1.807) is 36.7 Å². The van der Waals surface area contributed by atoms with Gasteiger partial charge in [-0.1, -0.05) is 26.8 Å². The number of carboxylic acid groups (broad SMARTS) is 1. The average Bonchev–Trinajstić information content (AvgIpc) is 3.04. The van der Waals surface area contributed by atoms with Crippen LogP contribution in [0.1, 0.15) is 62.0 Å². The topological polar surface area (TPSA) is 129 Å². The van der Waals surface area contributed by atoms with E-state index in [2.05, 4.69) is 36.0 Å². The van der Waals surface area contributed by atoms with Crippen LogP contribution in [0.15, 0.2) is 42.7 Å². The van der Waals surface area contributed by atoms with E-state index in [-0.39, 0.29) is 17.7 Å². The largest absolute Gasteiger partial charge is 0.481 e. The van der Waals surface area contributed by atoms with E-state index in [0.29, 0.717) is 42.9 Å². The Labute approximate surface area is 206 Å². The zero-order valence-corrected chi connectivity index (χ0v) is 20.7. The Balaban J connectivity index is 1.68. The summed E-state index contributed by atoms with van der Waals surface area (Å²) in [6.45, 7) is 8.95.